The van der Waals surface area contributed by atoms with Crippen LogP contribution < -0.4 is 5.32 Å². The summed E-state index contributed by atoms with van der Waals surface area (Å²) in [5, 5.41) is 4.51. The molecule has 0 aliphatic rings. The zero-order valence-electron chi connectivity index (χ0n) is 15.2. The molecule has 0 amide bonds. The van der Waals surface area contributed by atoms with Gasteiger partial charge in [-0.3, -0.25) is 0 Å². The van der Waals surface area contributed by atoms with Gasteiger partial charge in [0.2, 0.25) is 0 Å². The summed E-state index contributed by atoms with van der Waals surface area (Å²) in [6.45, 7) is 11.5. The first-order chi connectivity index (χ1) is 12.2. The van der Waals surface area contributed by atoms with Crippen LogP contribution in [0.4, 0.5) is 5.82 Å². The summed E-state index contributed by atoms with van der Waals surface area (Å²) >= 11 is 5.41. The normalized spacial score (nSPS) is 11.7. The van der Waals surface area contributed by atoms with Crippen LogP contribution in [-0.2, 0) is 6.54 Å². The number of rotatable bonds is 8. The summed E-state index contributed by atoms with van der Waals surface area (Å²) < 4.78 is 2.84. The van der Waals surface area contributed by atoms with Crippen molar-refractivity contribution in [2.45, 2.75) is 33.7 Å². The first-order valence-corrected chi connectivity index (χ1v) is 9.42. The standard InChI is InChI=1S/C18H26N6S/c1-4-23(5-2)9-7-8-19-17-13-10-16-15(11-14(13)20-12-21-17)22-18(25)24(16)6-3/h10-12H,4-9H2,1-3H3,(H,22,25)(H,19,20,21). The number of H-pyrrole nitrogens is 1. The van der Waals surface area contributed by atoms with E-state index in [-0.39, 0.29) is 0 Å². The van der Waals surface area contributed by atoms with Gasteiger partial charge in [-0.1, -0.05) is 13.8 Å². The minimum atomic E-state index is 0.745. The van der Waals surface area contributed by atoms with E-state index in [2.05, 4.69) is 62.6 Å². The summed E-state index contributed by atoms with van der Waals surface area (Å²) in [5.74, 6) is 0.890. The number of aryl methyl sites for hydroxylation is 1. The van der Waals surface area contributed by atoms with Gasteiger partial charge in [-0.15, -0.1) is 0 Å². The molecule has 0 spiro atoms. The van der Waals surface area contributed by atoms with E-state index in [0.717, 1.165) is 71.7 Å². The Morgan fingerprint density at radius 1 is 1.20 bits per heavy atom. The van der Waals surface area contributed by atoms with Crippen LogP contribution in [0.1, 0.15) is 27.2 Å². The first-order valence-electron chi connectivity index (χ1n) is 9.01. The molecule has 6 nitrogen and oxygen atoms in total. The Labute approximate surface area is 153 Å². The monoisotopic (exact) mass is 358 g/mol. The number of aromatic amines is 1. The van der Waals surface area contributed by atoms with E-state index >= 15 is 0 Å². The number of hydrogen-bond donors (Lipinski definition) is 2. The number of anilines is 1. The van der Waals surface area contributed by atoms with Crippen LogP contribution in [-0.4, -0.2) is 50.6 Å². The highest BCUT2D eigenvalue weighted by atomic mass is 32.1. The van der Waals surface area contributed by atoms with E-state index in [0.29, 0.717) is 0 Å². The quantitative estimate of drug-likeness (QED) is 0.474. The zero-order valence-corrected chi connectivity index (χ0v) is 16.0. The highest BCUT2D eigenvalue weighted by Crippen LogP contribution is 2.25. The molecule has 0 radical (unpaired) electrons. The maximum absolute atomic E-state index is 5.41. The molecule has 0 saturated heterocycles. The Hall–Kier alpha value is -1.99. The minimum Gasteiger partial charge on any atom is -0.369 e. The highest BCUT2D eigenvalue weighted by molar-refractivity contribution is 7.71. The van der Waals surface area contributed by atoms with Gasteiger partial charge in [0.1, 0.15) is 12.1 Å². The molecule has 0 aliphatic carbocycles. The Kier molecular flexibility index (Phi) is 5.65. The summed E-state index contributed by atoms with van der Waals surface area (Å²) in [7, 11) is 0. The molecule has 1 aromatic carbocycles. The lowest BCUT2D eigenvalue weighted by molar-refractivity contribution is 0.303. The number of nitrogens with one attached hydrogen (secondary N) is 2. The van der Waals surface area contributed by atoms with Crippen molar-refractivity contribution in [3.8, 4) is 0 Å². The van der Waals surface area contributed by atoms with Gasteiger partial charge in [0.25, 0.3) is 0 Å². The van der Waals surface area contributed by atoms with Gasteiger partial charge in [-0.25, -0.2) is 9.97 Å². The molecule has 2 heterocycles. The van der Waals surface area contributed by atoms with E-state index in [9.17, 15) is 0 Å². The Morgan fingerprint density at radius 3 is 2.72 bits per heavy atom. The minimum absolute atomic E-state index is 0.745. The van der Waals surface area contributed by atoms with Crippen molar-refractivity contribution >= 4 is 40.0 Å². The van der Waals surface area contributed by atoms with Gasteiger partial charge in [-0.05, 0) is 57.3 Å². The average Bonchev–Trinajstić information content (AvgIpc) is 2.94. The van der Waals surface area contributed by atoms with Crippen LogP contribution >= 0.6 is 12.2 Å². The predicted octanol–water partition coefficient (Wildman–Crippen LogP) is 3.81. The van der Waals surface area contributed by atoms with Crippen molar-refractivity contribution < 1.29 is 0 Å². The predicted molar refractivity (Wildman–Crippen MR) is 107 cm³/mol. The molecule has 0 saturated carbocycles. The van der Waals surface area contributed by atoms with E-state index in [4.69, 9.17) is 12.2 Å². The van der Waals surface area contributed by atoms with Gasteiger partial charge in [0, 0.05) is 18.5 Å². The maximum atomic E-state index is 5.41. The molecule has 25 heavy (non-hydrogen) atoms. The van der Waals surface area contributed by atoms with E-state index in [1.165, 1.54) is 0 Å². The van der Waals surface area contributed by atoms with Crippen LogP contribution in [0.25, 0.3) is 21.9 Å². The van der Waals surface area contributed by atoms with Crippen LogP contribution in [0.3, 0.4) is 0 Å². The van der Waals surface area contributed by atoms with Crippen LogP contribution in [0.15, 0.2) is 18.5 Å². The number of hydrogen-bond acceptors (Lipinski definition) is 5. The molecular formula is C18H26N6S. The Balaban J connectivity index is 1.85. The molecular weight excluding hydrogens is 332 g/mol. The van der Waals surface area contributed by atoms with Gasteiger partial charge >= 0.3 is 0 Å². The van der Waals surface area contributed by atoms with Crippen LogP contribution in [0, 0.1) is 4.77 Å². The molecule has 7 heteroatoms. The van der Waals surface area contributed by atoms with Gasteiger partial charge in [0.05, 0.1) is 16.6 Å². The summed E-state index contributed by atoms with van der Waals surface area (Å²) in [6, 6.07) is 4.18. The summed E-state index contributed by atoms with van der Waals surface area (Å²) in [5.41, 5.74) is 3.04. The molecule has 0 fully saturated rings. The highest BCUT2D eigenvalue weighted by Gasteiger charge is 2.09. The molecule has 0 aliphatic heterocycles. The molecule has 0 bridgehead atoms. The SMILES string of the molecule is CCN(CC)CCCNc1ncnc2cc3[nH]c(=S)n(CC)c3cc12. The van der Waals surface area contributed by atoms with E-state index in [1.807, 2.05) is 0 Å². The second kappa shape index (κ2) is 7.93. The third-order valence-electron chi connectivity index (χ3n) is 4.68. The first kappa shape index (κ1) is 17.8. The molecule has 3 aromatic rings. The van der Waals surface area contributed by atoms with Crippen LogP contribution in [0.2, 0.25) is 0 Å². The fourth-order valence-electron chi connectivity index (χ4n) is 3.21. The molecule has 134 valence electrons. The lowest BCUT2D eigenvalue weighted by Gasteiger charge is -2.18. The fraction of sp³-hybridized carbons (Fsp3) is 0.500. The lowest BCUT2D eigenvalue weighted by Crippen LogP contribution is -2.25. The number of benzene rings is 1. The van der Waals surface area contributed by atoms with Crippen molar-refractivity contribution in [2.75, 3.05) is 31.5 Å². The Bertz CT molecular complexity index is 909. The van der Waals surface area contributed by atoms with Gasteiger partial charge < -0.3 is 19.8 Å². The topological polar surface area (TPSA) is 61.8 Å². The molecule has 0 unspecified atom stereocenters. The average molecular weight is 359 g/mol. The number of fused-ring (bicyclic) bond motifs is 2. The van der Waals surface area contributed by atoms with E-state index in [1.54, 1.807) is 6.33 Å². The van der Waals surface area contributed by atoms with Gasteiger partial charge in [-0.2, -0.15) is 0 Å². The molecule has 2 aromatic heterocycles. The summed E-state index contributed by atoms with van der Waals surface area (Å²) in [6.07, 6.45) is 2.71. The van der Waals surface area contributed by atoms with Crippen molar-refractivity contribution in [2.24, 2.45) is 0 Å². The third-order valence-corrected chi connectivity index (χ3v) is 5.01. The smallest absolute Gasteiger partial charge is 0.178 e. The largest absolute Gasteiger partial charge is 0.369 e. The van der Waals surface area contributed by atoms with Gasteiger partial charge in [0.15, 0.2) is 4.77 Å². The van der Waals surface area contributed by atoms with E-state index < -0.39 is 0 Å². The second-order valence-electron chi connectivity index (χ2n) is 6.09. The van der Waals surface area contributed by atoms with Crippen LogP contribution in [0.5, 0.6) is 0 Å². The fourth-order valence-corrected chi connectivity index (χ4v) is 3.55. The second-order valence-corrected chi connectivity index (χ2v) is 6.48. The van der Waals surface area contributed by atoms with Crippen molar-refractivity contribution in [3.05, 3.63) is 23.2 Å². The zero-order chi connectivity index (χ0) is 17.8. The summed E-state index contributed by atoms with van der Waals surface area (Å²) in [4.78, 5) is 14.6. The van der Waals surface area contributed by atoms with Crippen molar-refractivity contribution in [1.82, 2.24) is 24.4 Å². The number of nitrogens with zero attached hydrogens (tertiary/aromatic N) is 4. The van der Waals surface area contributed by atoms with Crippen molar-refractivity contribution in [3.63, 3.8) is 0 Å². The maximum Gasteiger partial charge on any atom is 0.178 e. The third kappa shape index (κ3) is 3.67. The molecule has 3 rings (SSSR count). The number of aromatic nitrogens is 4. The number of imidazole rings is 1. The Morgan fingerprint density at radius 2 is 2.00 bits per heavy atom. The lowest BCUT2D eigenvalue weighted by atomic mass is 10.2. The molecule has 2 N–H and O–H groups in total. The molecule has 0 atom stereocenters. The van der Waals surface area contributed by atoms with Crippen molar-refractivity contribution in [1.29, 1.82) is 0 Å².